The third-order valence-electron chi connectivity index (χ3n) is 4.17. The van der Waals surface area contributed by atoms with Gasteiger partial charge in [0.1, 0.15) is 17.9 Å². The summed E-state index contributed by atoms with van der Waals surface area (Å²) in [5.41, 5.74) is 0.961. The first-order valence-electron chi connectivity index (χ1n) is 7.94. The fourth-order valence-electron chi connectivity index (χ4n) is 2.86. The van der Waals surface area contributed by atoms with E-state index in [9.17, 15) is 14.4 Å². The number of hydrogen-bond donors (Lipinski definition) is 1. The van der Waals surface area contributed by atoms with Gasteiger partial charge in [0.25, 0.3) is 11.5 Å². The van der Waals surface area contributed by atoms with Crippen LogP contribution in [0.4, 0.5) is 5.69 Å². The smallest absolute Gasteiger partial charge is 0.260 e. The molecule has 1 aliphatic rings. The molecule has 3 rings (SSSR count). The maximum absolute atomic E-state index is 12.6. The maximum atomic E-state index is 12.6. The summed E-state index contributed by atoms with van der Waals surface area (Å²) in [5, 5.41) is 0. The van der Waals surface area contributed by atoms with Gasteiger partial charge in [-0.2, -0.15) is 0 Å². The van der Waals surface area contributed by atoms with Crippen LogP contribution in [-0.2, 0) is 4.79 Å². The molecule has 1 saturated heterocycles. The highest BCUT2D eigenvalue weighted by molar-refractivity contribution is 6.02. The molecule has 1 aliphatic heterocycles. The predicted octanol–water partition coefficient (Wildman–Crippen LogP) is 1.18. The van der Waals surface area contributed by atoms with Gasteiger partial charge in [-0.1, -0.05) is 12.1 Å². The minimum atomic E-state index is -0.440. The average molecular weight is 341 g/mol. The third-order valence-corrected chi connectivity index (χ3v) is 4.17. The number of nitrogens with zero attached hydrogens (tertiary/aromatic N) is 2. The number of aromatic nitrogens is 1. The monoisotopic (exact) mass is 341 g/mol. The van der Waals surface area contributed by atoms with Gasteiger partial charge < -0.3 is 19.5 Å². The Morgan fingerprint density at radius 2 is 1.88 bits per heavy atom. The van der Waals surface area contributed by atoms with E-state index in [0.717, 1.165) is 0 Å². The lowest BCUT2D eigenvalue weighted by Gasteiger charge is -2.34. The van der Waals surface area contributed by atoms with Gasteiger partial charge in [-0.25, -0.2) is 0 Å². The van der Waals surface area contributed by atoms with Gasteiger partial charge in [-0.15, -0.1) is 0 Å². The molecular weight excluding hydrogens is 322 g/mol. The number of carbonyl (C=O) groups excluding carboxylic acids is 2. The van der Waals surface area contributed by atoms with Crippen LogP contribution in [-0.4, -0.2) is 48.4 Å². The van der Waals surface area contributed by atoms with Crippen molar-refractivity contribution < 1.29 is 14.3 Å². The number of pyridine rings is 1. The van der Waals surface area contributed by atoms with E-state index in [-0.39, 0.29) is 18.0 Å². The highest BCUT2D eigenvalue weighted by Gasteiger charge is 2.30. The van der Waals surface area contributed by atoms with Gasteiger partial charge in [0, 0.05) is 18.8 Å². The van der Waals surface area contributed by atoms with Crippen molar-refractivity contribution in [3.63, 3.8) is 0 Å². The summed E-state index contributed by atoms with van der Waals surface area (Å²) in [4.78, 5) is 42.7. The van der Waals surface area contributed by atoms with Crippen LogP contribution in [0.3, 0.4) is 0 Å². The number of aromatic amines is 1. The van der Waals surface area contributed by atoms with Crippen LogP contribution >= 0.6 is 0 Å². The number of ether oxygens (including phenoxy) is 1. The van der Waals surface area contributed by atoms with Gasteiger partial charge in [-0.05, 0) is 31.2 Å². The summed E-state index contributed by atoms with van der Waals surface area (Å²) in [7, 11) is 1.55. The number of para-hydroxylation sites is 2. The molecule has 0 saturated carbocycles. The number of amides is 2. The number of rotatable bonds is 3. The molecule has 1 aromatic carbocycles. The Bertz CT molecular complexity index is 875. The summed E-state index contributed by atoms with van der Waals surface area (Å²) >= 11 is 0. The molecule has 1 fully saturated rings. The number of methoxy groups -OCH3 is 1. The van der Waals surface area contributed by atoms with Crippen LogP contribution < -0.4 is 15.2 Å². The standard InChI is InChI=1S/C18H19N3O4/c1-12-7-8-13(17(23)19-12)18(24)20-9-10-21(16(22)11-20)14-5-3-4-6-15(14)25-2/h3-8H,9-11H2,1-2H3,(H,19,23). The number of carbonyl (C=O) groups is 2. The van der Waals surface area contributed by atoms with Crippen LogP contribution in [0.25, 0.3) is 0 Å². The Morgan fingerprint density at radius 1 is 1.12 bits per heavy atom. The average Bonchev–Trinajstić information content (AvgIpc) is 2.61. The Hall–Kier alpha value is -3.09. The number of anilines is 1. The molecular formula is C18H19N3O4. The van der Waals surface area contributed by atoms with E-state index < -0.39 is 11.5 Å². The zero-order chi connectivity index (χ0) is 18.0. The highest BCUT2D eigenvalue weighted by Crippen LogP contribution is 2.28. The SMILES string of the molecule is COc1ccccc1N1CCN(C(=O)c2ccc(C)[nH]c2=O)CC1=O. The third kappa shape index (κ3) is 3.26. The fraction of sp³-hybridized carbons (Fsp3) is 0.278. The molecule has 0 spiro atoms. The fourth-order valence-corrected chi connectivity index (χ4v) is 2.86. The molecule has 2 amide bonds. The summed E-state index contributed by atoms with van der Waals surface area (Å²) in [6, 6.07) is 10.4. The molecule has 2 heterocycles. The number of H-pyrrole nitrogens is 1. The van der Waals surface area contributed by atoms with Gasteiger partial charge in [-0.3, -0.25) is 14.4 Å². The van der Waals surface area contributed by atoms with Gasteiger partial charge >= 0.3 is 0 Å². The van der Waals surface area contributed by atoms with E-state index in [0.29, 0.717) is 30.2 Å². The Labute approximate surface area is 144 Å². The first-order valence-corrected chi connectivity index (χ1v) is 7.94. The molecule has 130 valence electrons. The number of piperazine rings is 1. The van der Waals surface area contributed by atoms with Crippen molar-refractivity contribution in [3.05, 3.63) is 58.0 Å². The summed E-state index contributed by atoms with van der Waals surface area (Å²) < 4.78 is 5.30. The zero-order valence-electron chi connectivity index (χ0n) is 14.1. The maximum Gasteiger partial charge on any atom is 0.260 e. The van der Waals surface area contributed by atoms with Gasteiger partial charge in [0.05, 0.1) is 12.8 Å². The molecule has 0 aliphatic carbocycles. The van der Waals surface area contributed by atoms with Crippen molar-refractivity contribution in [3.8, 4) is 5.75 Å². The molecule has 7 heteroatoms. The Morgan fingerprint density at radius 3 is 2.56 bits per heavy atom. The summed E-state index contributed by atoms with van der Waals surface area (Å²) in [5.74, 6) is -0.0486. The van der Waals surface area contributed by atoms with Crippen molar-refractivity contribution in [2.75, 3.05) is 31.6 Å². The van der Waals surface area contributed by atoms with Crippen LogP contribution in [0.2, 0.25) is 0 Å². The number of benzene rings is 1. The molecule has 1 N–H and O–H groups in total. The van der Waals surface area contributed by atoms with E-state index >= 15 is 0 Å². The zero-order valence-corrected chi connectivity index (χ0v) is 14.1. The minimum Gasteiger partial charge on any atom is -0.495 e. The van der Waals surface area contributed by atoms with Crippen molar-refractivity contribution in [1.29, 1.82) is 0 Å². The van der Waals surface area contributed by atoms with Gasteiger partial charge in [0.15, 0.2) is 0 Å². The Kier molecular flexibility index (Phi) is 4.56. The summed E-state index contributed by atoms with van der Waals surface area (Å²) in [6.45, 7) is 2.35. The van der Waals surface area contributed by atoms with E-state index in [1.165, 1.54) is 11.0 Å². The largest absolute Gasteiger partial charge is 0.495 e. The van der Waals surface area contributed by atoms with E-state index in [1.54, 1.807) is 37.1 Å². The number of aryl methyl sites for hydroxylation is 1. The lowest BCUT2D eigenvalue weighted by Crippen LogP contribution is -2.53. The quantitative estimate of drug-likeness (QED) is 0.909. The van der Waals surface area contributed by atoms with E-state index in [1.807, 2.05) is 12.1 Å². The van der Waals surface area contributed by atoms with Crippen LogP contribution in [0.1, 0.15) is 16.1 Å². The van der Waals surface area contributed by atoms with Gasteiger partial charge in [0.2, 0.25) is 5.91 Å². The highest BCUT2D eigenvalue weighted by atomic mass is 16.5. The second-order valence-corrected chi connectivity index (χ2v) is 5.83. The lowest BCUT2D eigenvalue weighted by molar-refractivity contribution is -0.120. The number of hydrogen-bond acceptors (Lipinski definition) is 4. The first-order chi connectivity index (χ1) is 12.0. The van der Waals surface area contributed by atoms with Crippen molar-refractivity contribution in [2.24, 2.45) is 0 Å². The molecule has 0 bridgehead atoms. The van der Waals surface area contributed by atoms with E-state index in [4.69, 9.17) is 4.74 Å². The minimum absolute atomic E-state index is 0.0455. The second kappa shape index (κ2) is 6.80. The van der Waals surface area contributed by atoms with Crippen molar-refractivity contribution >= 4 is 17.5 Å². The second-order valence-electron chi connectivity index (χ2n) is 5.83. The van der Waals surface area contributed by atoms with E-state index in [2.05, 4.69) is 4.98 Å². The molecule has 0 atom stereocenters. The molecule has 0 unspecified atom stereocenters. The summed E-state index contributed by atoms with van der Waals surface area (Å²) in [6.07, 6.45) is 0. The van der Waals surface area contributed by atoms with Crippen LogP contribution in [0, 0.1) is 6.92 Å². The molecule has 1 aromatic heterocycles. The van der Waals surface area contributed by atoms with Crippen LogP contribution in [0.15, 0.2) is 41.2 Å². The Balaban J connectivity index is 1.79. The molecule has 0 radical (unpaired) electrons. The lowest BCUT2D eigenvalue weighted by atomic mass is 10.2. The number of nitrogens with one attached hydrogen (secondary N) is 1. The topological polar surface area (TPSA) is 82.7 Å². The van der Waals surface area contributed by atoms with Crippen LogP contribution in [0.5, 0.6) is 5.75 Å². The molecule has 7 nitrogen and oxygen atoms in total. The van der Waals surface area contributed by atoms with Crippen molar-refractivity contribution in [1.82, 2.24) is 9.88 Å². The normalized spacial score (nSPS) is 14.6. The predicted molar refractivity (Wildman–Crippen MR) is 93.1 cm³/mol. The molecule has 2 aromatic rings. The molecule has 25 heavy (non-hydrogen) atoms. The first kappa shape index (κ1) is 16.8. The van der Waals surface area contributed by atoms with Crippen molar-refractivity contribution in [2.45, 2.75) is 6.92 Å².